The Morgan fingerprint density at radius 1 is 1.03 bits per heavy atom. The van der Waals surface area contributed by atoms with Gasteiger partial charge in [-0.25, -0.2) is 18.4 Å². The zero-order chi connectivity index (χ0) is 21.1. The Labute approximate surface area is 177 Å². The Hall–Kier alpha value is -2.49. The van der Waals surface area contributed by atoms with Crippen LogP contribution in [0.1, 0.15) is 19.7 Å². The molecule has 1 fully saturated rings. The van der Waals surface area contributed by atoms with Crippen LogP contribution in [0.15, 0.2) is 42.6 Å². The normalized spacial score (nSPS) is 16.2. The molecular weight excluding hydrogens is 402 g/mol. The highest BCUT2D eigenvalue weighted by molar-refractivity contribution is 7.89. The van der Waals surface area contributed by atoms with Crippen LogP contribution in [-0.4, -0.2) is 70.7 Å². The topological polar surface area (TPSA) is 80.6 Å². The summed E-state index contributed by atoms with van der Waals surface area (Å²) in [4.78, 5) is 11.6. The predicted molar refractivity (Wildman–Crippen MR) is 116 cm³/mol. The summed E-state index contributed by atoms with van der Waals surface area (Å²) < 4.78 is 33.5. The number of hydrogen-bond donors (Lipinski definition) is 0. The molecule has 30 heavy (non-hydrogen) atoms. The third-order valence-electron chi connectivity index (χ3n) is 5.35. The third kappa shape index (κ3) is 4.19. The SMILES string of the molecule is CCOc1ccc(-n2c(CN3CCN(S(=O)(=O)CC)CC3)nc3cccnc32)cc1. The molecule has 0 unspecified atom stereocenters. The standard InChI is InChI=1S/C21H27N5O3S/c1-3-29-18-9-7-17(8-10-18)26-20(23-19-6-5-11-22-21(19)26)16-24-12-14-25(15-13-24)30(27,28)4-2/h5-11H,3-4,12-16H2,1-2H3. The van der Waals surface area contributed by atoms with Gasteiger partial charge in [0, 0.05) is 38.1 Å². The van der Waals surface area contributed by atoms with E-state index in [1.54, 1.807) is 17.4 Å². The second-order valence-electron chi connectivity index (χ2n) is 7.21. The Morgan fingerprint density at radius 2 is 1.77 bits per heavy atom. The van der Waals surface area contributed by atoms with Crippen LogP contribution in [0.2, 0.25) is 0 Å². The second-order valence-corrected chi connectivity index (χ2v) is 9.47. The summed E-state index contributed by atoms with van der Waals surface area (Å²) in [7, 11) is -3.13. The monoisotopic (exact) mass is 429 g/mol. The van der Waals surface area contributed by atoms with Gasteiger partial charge in [-0.15, -0.1) is 0 Å². The molecule has 1 aliphatic rings. The van der Waals surface area contributed by atoms with Gasteiger partial charge < -0.3 is 4.74 Å². The number of benzene rings is 1. The lowest BCUT2D eigenvalue weighted by Gasteiger charge is -2.33. The van der Waals surface area contributed by atoms with E-state index in [2.05, 4.69) is 14.5 Å². The van der Waals surface area contributed by atoms with E-state index >= 15 is 0 Å². The van der Waals surface area contributed by atoms with E-state index in [4.69, 9.17) is 9.72 Å². The summed E-state index contributed by atoms with van der Waals surface area (Å²) >= 11 is 0. The quantitative estimate of drug-likeness (QED) is 0.573. The minimum Gasteiger partial charge on any atom is -0.494 e. The molecule has 0 atom stereocenters. The van der Waals surface area contributed by atoms with E-state index in [-0.39, 0.29) is 5.75 Å². The molecule has 1 aliphatic heterocycles. The first-order chi connectivity index (χ1) is 14.5. The fourth-order valence-electron chi connectivity index (χ4n) is 3.74. The minimum atomic E-state index is -3.13. The van der Waals surface area contributed by atoms with Gasteiger partial charge in [0.2, 0.25) is 10.0 Å². The van der Waals surface area contributed by atoms with Crippen molar-refractivity contribution in [2.75, 3.05) is 38.5 Å². The van der Waals surface area contributed by atoms with E-state index in [1.807, 2.05) is 43.3 Å². The zero-order valence-corrected chi connectivity index (χ0v) is 18.2. The smallest absolute Gasteiger partial charge is 0.213 e. The molecule has 0 spiro atoms. The first kappa shape index (κ1) is 20.8. The number of hydrogen-bond acceptors (Lipinski definition) is 6. The van der Waals surface area contributed by atoms with Crippen molar-refractivity contribution >= 4 is 21.2 Å². The number of pyridine rings is 1. The summed E-state index contributed by atoms with van der Waals surface area (Å²) in [6.07, 6.45) is 1.77. The van der Waals surface area contributed by atoms with E-state index in [0.717, 1.165) is 28.4 Å². The molecule has 3 heterocycles. The first-order valence-electron chi connectivity index (χ1n) is 10.3. The van der Waals surface area contributed by atoms with Gasteiger partial charge in [-0.05, 0) is 50.2 Å². The van der Waals surface area contributed by atoms with Crippen LogP contribution in [0.4, 0.5) is 0 Å². The van der Waals surface area contributed by atoms with Crippen LogP contribution < -0.4 is 4.74 Å². The molecule has 8 nitrogen and oxygen atoms in total. The maximum Gasteiger partial charge on any atom is 0.213 e. The van der Waals surface area contributed by atoms with Crippen molar-refractivity contribution in [2.45, 2.75) is 20.4 Å². The maximum atomic E-state index is 12.1. The molecule has 0 bridgehead atoms. The molecule has 160 valence electrons. The van der Waals surface area contributed by atoms with Crippen molar-refractivity contribution in [1.82, 2.24) is 23.7 Å². The molecule has 4 rings (SSSR count). The van der Waals surface area contributed by atoms with Gasteiger partial charge in [0.1, 0.15) is 17.1 Å². The number of imidazole rings is 1. The van der Waals surface area contributed by atoms with Gasteiger partial charge in [-0.3, -0.25) is 9.47 Å². The summed E-state index contributed by atoms with van der Waals surface area (Å²) in [6, 6.07) is 11.8. The van der Waals surface area contributed by atoms with Gasteiger partial charge in [0.05, 0.1) is 18.9 Å². The van der Waals surface area contributed by atoms with Crippen molar-refractivity contribution < 1.29 is 13.2 Å². The van der Waals surface area contributed by atoms with Crippen LogP contribution >= 0.6 is 0 Å². The average molecular weight is 430 g/mol. The maximum absolute atomic E-state index is 12.1. The van der Waals surface area contributed by atoms with Crippen molar-refractivity contribution in [3.05, 3.63) is 48.4 Å². The van der Waals surface area contributed by atoms with Crippen LogP contribution in [0.5, 0.6) is 5.75 Å². The predicted octanol–water partition coefficient (Wildman–Crippen LogP) is 2.29. The molecule has 0 amide bonds. The second kappa shape index (κ2) is 8.71. The molecule has 9 heteroatoms. The number of rotatable bonds is 7. The molecule has 1 saturated heterocycles. The average Bonchev–Trinajstić information content (AvgIpc) is 3.13. The van der Waals surface area contributed by atoms with Crippen LogP contribution in [-0.2, 0) is 16.6 Å². The van der Waals surface area contributed by atoms with Crippen molar-refractivity contribution in [1.29, 1.82) is 0 Å². The van der Waals surface area contributed by atoms with Crippen LogP contribution in [0.25, 0.3) is 16.9 Å². The Bertz CT molecular complexity index is 1100. The lowest BCUT2D eigenvalue weighted by Crippen LogP contribution is -2.48. The van der Waals surface area contributed by atoms with Crippen LogP contribution in [0.3, 0.4) is 0 Å². The van der Waals surface area contributed by atoms with Gasteiger partial charge in [0.15, 0.2) is 5.65 Å². The van der Waals surface area contributed by atoms with Gasteiger partial charge >= 0.3 is 0 Å². The molecule has 3 aromatic rings. The highest BCUT2D eigenvalue weighted by Gasteiger charge is 2.26. The minimum absolute atomic E-state index is 0.145. The molecule has 1 aromatic carbocycles. The largest absolute Gasteiger partial charge is 0.494 e. The number of ether oxygens (including phenoxy) is 1. The van der Waals surface area contributed by atoms with E-state index < -0.39 is 10.0 Å². The van der Waals surface area contributed by atoms with Crippen molar-refractivity contribution in [2.24, 2.45) is 0 Å². The lowest BCUT2D eigenvalue weighted by atomic mass is 10.3. The zero-order valence-electron chi connectivity index (χ0n) is 17.4. The lowest BCUT2D eigenvalue weighted by molar-refractivity contribution is 0.178. The summed E-state index contributed by atoms with van der Waals surface area (Å²) in [6.45, 7) is 7.29. The number of aromatic nitrogens is 3. The Balaban J connectivity index is 1.60. The number of sulfonamides is 1. The number of nitrogens with zero attached hydrogens (tertiary/aromatic N) is 5. The van der Waals surface area contributed by atoms with E-state index in [0.29, 0.717) is 39.3 Å². The number of fused-ring (bicyclic) bond motifs is 1. The third-order valence-corrected chi connectivity index (χ3v) is 7.23. The van der Waals surface area contributed by atoms with Crippen LogP contribution in [0, 0.1) is 0 Å². The van der Waals surface area contributed by atoms with Gasteiger partial charge in [0.25, 0.3) is 0 Å². The molecule has 0 aliphatic carbocycles. The Morgan fingerprint density at radius 3 is 2.43 bits per heavy atom. The van der Waals surface area contributed by atoms with Crippen molar-refractivity contribution in [3.63, 3.8) is 0 Å². The molecule has 2 aromatic heterocycles. The Kier molecular flexibility index (Phi) is 6.03. The molecule has 0 N–H and O–H groups in total. The fraction of sp³-hybridized carbons (Fsp3) is 0.429. The van der Waals surface area contributed by atoms with Gasteiger partial charge in [-0.2, -0.15) is 4.31 Å². The fourth-order valence-corrected chi connectivity index (χ4v) is 4.83. The molecule has 0 saturated carbocycles. The molecular formula is C21H27N5O3S. The van der Waals surface area contributed by atoms with Crippen molar-refractivity contribution in [3.8, 4) is 11.4 Å². The molecule has 0 radical (unpaired) electrons. The highest BCUT2D eigenvalue weighted by Crippen LogP contribution is 2.23. The summed E-state index contributed by atoms with van der Waals surface area (Å²) in [5.74, 6) is 1.86. The number of piperazine rings is 1. The van der Waals surface area contributed by atoms with E-state index in [1.165, 1.54) is 0 Å². The summed E-state index contributed by atoms with van der Waals surface area (Å²) in [5, 5.41) is 0. The van der Waals surface area contributed by atoms with Gasteiger partial charge in [-0.1, -0.05) is 0 Å². The highest BCUT2D eigenvalue weighted by atomic mass is 32.2. The summed E-state index contributed by atoms with van der Waals surface area (Å²) in [5.41, 5.74) is 2.62. The van der Waals surface area contributed by atoms with E-state index in [9.17, 15) is 8.42 Å². The first-order valence-corrected chi connectivity index (χ1v) is 11.9.